The van der Waals surface area contributed by atoms with Gasteiger partial charge in [-0.15, -0.1) is 0 Å². The van der Waals surface area contributed by atoms with Crippen molar-refractivity contribution in [1.29, 1.82) is 0 Å². The summed E-state index contributed by atoms with van der Waals surface area (Å²) in [4.78, 5) is 4.74. The van der Waals surface area contributed by atoms with Gasteiger partial charge in [0.1, 0.15) is 0 Å². The van der Waals surface area contributed by atoms with E-state index in [2.05, 4.69) is 30.9 Å². The number of fused-ring (bicyclic) bond motifs is 2. The lowest BCUT2D eigenvalue weighted by Gasteiger charge is -2.36. The summed E-state index contributed by atoms with van der Waals surface area (Å²) < 4.78 is 0. The van der Waals surface area contributed by atoms with Crippen LogP contribution in [0.4, 0.5) is 22.7 Å². The molecule has 98 valence electrons. The van der Waals surface area contributed by atoms with E-state index < -0.39 is 0 Å². The summed E-state index contributed by atoms with van der Waals surface area (Å²) in [5, 5.41) is 0. The summed E-state index contributed by atoms with van der Waals surface area (Å²) in [7, 11) is 0. The molecule has 19 heavy (non-hydrogen) atoms. The van der Waals surface area contributed by atoms with Crippen molar-refractivity contribution in [2.24, 2.45) is 0 Å². The Kier molecular flexibility index (Phi) is 2.82. The molecule has 0 bridgehead atoms. The van der Waals surface area contributed by atoms with E-state index in [9.17, 15) is 0 Å². The van der Waals surface area contributed by atoms with Crippen LogP contribution in [0.5, 0.6) is 0 Å². The van der Waals surface area contributed by atoms with Crippen LogP contribution in [0.15, 0.2) is 46.2 Å². The van der Waals surface area contributed by atoms with Gasteiger partial charge in [-0.1, -0.05) is 11.8 Å². The first-order chi connectivity index (χ1) is 9.06. The first kappa shape index (κ1) is 12.2. The maximum atomic E-state index is 5.93. The molecule has 4 N–H and O–H groups in total. The Morgan fingerprint density at radius 3 is 2.32 bits per heavy atom. The lowest BCUT2D eigenvalue weighted by atomic mass is 10.1. The Balaban J connectivity index is 2.21. The molecule has 0 aliphatic carbocycles. The van der Waals surface area contributed by atoms with Crippen LogP contribution in [0, 0.1) is 0 Å². The van der Waals surface area contributed by atoms with Gasteiger partial charge in [-0.05, 0) is 50.2 Å². The second-order valence-corrected chi connectivity index (χ2v) is 6.10. The van der Waals surface area contributed by atoms with Gasteiger partial charge >= 0.3 is 0 Å². The fraction of sp³-hybridized carbons (Fsp3) is 0.200. The van der Waals surface area contributed by atoms with Crippen molar-refractivity contribution in [2.45, 2.75) is 29.7 Å². The highest BCUT2D eigenvalue weighted by molar-refractivity contribution is 7.99. The minimum atomic E-state index is 0.365. The molecule has 0 saturated carbocycles. The molecule has 4 heteroatoms. The van der Waals surface area contributed by atoms with Crippen LogP contribution in [-0.2, 0) is 0 Å². The number of nitrogens with zero attached hydrogens (tertiary/aromatic N) is 1. The summed E-state index contributed by atoms with van der Waals surface area (Å²) in [5.41, 5.74) is 15.8. The monoisotopic (exact) mass is 271 g/mol. The first-order valence-electron chi connectivity index (χ1n) is 6.32. The van der Waals surface area contributed by atoms with Crippen molar-refractivity contribution in [3.05, 3.63) is 36.4 Å². The molecule has 2 aromatic rings. The molecule has 0 radical (unpaired) electrons. The lowest BCUT2D eigenvalue weighted by Crippen LogP contribution is -2.28. The third kappa shape index (κ3) is 2.02. The van der Waals surface area contributed by atoms with Gasteiger partial charge in [0.15, 0.2) is 0 Å². The van der Waals surface area contributed by atoms with Crippen LogP contribution in [0.3, 0.4) is 0 Å². The van der Waals surface area contributed by atoms with E-state index in [1.54, 1.807) is 11.8 Å². The smallest absolute Gasteiger partial charge is 0.0575 e. The zero-order valence-corrected chi connectivity index (χ0v) is 11.9. The van der Waals surface area contributed by atoms with E-state index in [0.29, 0.717) is 6.04 Å². The van der Waals surface area contributed by atoms with Crippen molar-refractivity contribution in [1.82, 2.24) is 0 Å². The second-order valence-electron chi connectivity index (χ2n) is 5.02. The van der Waals surface area contributed by atoms with Crippen LogP contribution in [-0.4, -0.2) is 6.04 Å². The molecule has 0 spiro atoms. The fourth-order valence-electron chi connectivity index (χ4n) is 2.43. The van der Waals surface area contributed by atoms with Gasteiger partial charge in [0, 0.05) is 27.2 Å². The molecule has 3 nitrogen and oxygen atoms in total. The summed E-state index contributed by atoms with van der Waals surface area (Å²) in [6.45, 7) is 4.37. The van der Waals surface area contributed by atoms with E-state index in [1.807, 2.05) is 24.3 Å². The molecule has 1 aliphatic rings. The number of hydrogen-bond acceptors (Lipinski definition) is 4. The Hall–Kier alpha value is -1.81. The zero-order chi connectivity index (χ0) is 13.6. The summed E-state index contributed by atoms with van der Waals surface area (Å²) >= 11 is 1.75. The average molecular weight is 271 g/mol. The Morgan fingerprint density at radius 1 is 0.895 bits per heavy atom. The highest BCUT2D eigenvalue weighted by Crippen LogP contribution is 2.49. The number of hydrogen-bond donors (Lipinski definition) is 2. The van der Waals surface area contributed by atoms with Crippen molar-refractivity contribution in [2.75, 3.05) is 16.4 Å². The van der Waals surface area contributed by atoms with Gasteiger partial charge in [0.05, 0.1) is 11.4 Å². The highest BCUT2D eigenvalue weighted by Gasteiger charge is 2.25. The Bertz CT molecular complexity index is 637. The molecule has 0 fully saturated rings. The normalized spacial score (nSPS) is 13.3. The average Bonchev–Trinajstić information content (AvgIpc) is 2.35. The third-order valence-corrected chi connectivity index (χ3v) is 4.33. The largest absolute Gasteiger partial charge is 0.399 e. The molecule has 2 aromatic carbocycles. The maximum absolute atomic E-state index is 5.93. The number of rotatable bonds is 1. The number of nitrogen functional groups attached to an aromatic ring is 2. The van der Waals surface area contributed by atoms with E-state index in [4.69, 9.17) is 11.5 Å². The number of anilines is 4. The van der Waals surface area contributed by atoms with Crippen LogP contribution in [0.25, 0.3) is 0 Å². The quantitative estimate of drug-likeness (QED) is 0.773. The molecule has 0 amide bonds. The van der Waals surface area contributed by atoms with Crippen molar-refractivity contribution >= 4 is 34.5 Å². The lowest BCUT2D eigenvalue weighted by molar-refractivity contribution is 0.773. The minimum Gasteiger partial charge on any atom is -0.399 e. The minimum absolute atomic E-state index is 0.365. The summed E-state index contributed by atoms with van der Waals surface area (Å²) in [5.74, 6) is 0. The predicted octanol–water partition coefficient (Wildman–Crippen LogP) is 3.86. The SMILES string of the molecule is CC(C)N1c2ccc(N)cc2Sc2ccc(N)cc21. The third-order valence-electron chi connectivity index (χ3n) is 3.22. The van der Waals surface area contributed by atoms with Gasteiger partial charge in [0.2, 0.25) is 0 Å². The van der Waals surface area contributed by atoms with Gasteiger partial charge in [-0.25, -0.2) is 0 Å². The number of nitrogens with two attached hydrogens (primary N) is 2. The van der Waals surface area contributed by atoms with Gasteiger partial charge in [-0.2, -0.15) is 0 Å². The molecule has 0 atom stereocenters. The highest BCUT2D eigenvalue weighted by atomic mass is 32.2. The molecule has 1 heterocycles. The summed E-state index contributed by atoms with van der Waals surface area (Å²) in [6, 6.07) is 12.5. The fourth-order valence-corrected chi connectivity index (χ4v) is 3.53. The second kappa shape index (κ2) is 4.38. The van der Waals surface area contributed by atoms with Gasteiger partial charge in [0.25, 0.3) is 0 Å². The molecular weight excluding hydrogens is 254 g/mol. The van der Waals surface area contributed by atoms with Crippen LogP contribution < -0.4 is 16.4 Å². The van der Waals surface area contributed by atoms with Crippen LogP contribution in [0.1, 0.15) is 13.8 Å². The summed E-state index contributed by atoms with van der Waals surface area (Å²) in [6.07, 6.45) is 0. The van der Waals surface area contributed by atoms with E-state index in [-0.39, 0.29) is 0 Å². The van der Waals surface area contributed by atoms with Gasteiger partial charge in [-0.3, -0.25) is 0 Å². The number of benzene rings is 2. The van der Waals surface area contributed by atoms with E-state index in [0.717, 1.165) is 11.4 Å². The Labute approximate surface area is 117 Å². The molecule has 0 saturated heterocycles. The molecule has 0 aromatic heterocycles. The van der Waals surface area contributed by atoms with Crippen LogP contribution >= 0.6 is 11.8 Å². The van der Waals surface area contributed by atoms with Gasteiger partial charge < -0.3 is 16.4 Å². The van der Waals surface area contributed by atoms with Crippen molar-refractivity contribution in [3.8, 4) is 0 Å². The zero-order valence-electron chi connectivity index (χ0n) is 11.1. The Morgan fingerprint density at radius 2 is 1.58 bits per heavy atom. The van der Waals surface area contributed by atoms with E-state index in [1.165, 1.54) is 21.2 Å². The molecular formula is C15H17N3S. The topological polar surface area (TPSA) is 55.3 Å². The van der Waals surface area contributed by atoms with Crippen LogP contribution in [0.2, 0.25) is 0 Å². The molecule has 3 rings (SSSR count). The van der Waals surface area contributed by atoms with Crippen molar-refractivity contribution in [3.63, 3.8) is 0 Å². The predicted molar refractivity (Wildman–Crippen MR) is 83.1 cm³/mol. The van der Waals surface area contributed by atoms with Crippen molar-refractivity contribution < 1.29 is 0 Å². The standard InChI is InChI=1S/C15H17N3S/c1-9(2)18-12-5-3-11(17)8-15(12)19-14-6-4-10(16)7-13(14)18/h3-9H,16-17H2,1-2H3. The first-order valence-corrected chi connectivity index (χ1v) is 7.14. The molecule has 1 aliphatic heterocycles. The molecule has 0 unspecified atom stereocenters. The maximum Gasteiger partial charge on any atom is 0.0575 e. The van der Waals surface area contributed by atoms with E-state index >= 15 is 0 Å².